The molecule has 3 aromatic rings. The summed E-state index contributed by atoms with van der Waals surface area (Å²) in [5.41, 5.74) is 1.31. The van der Waals surface area contributed by atoms with Gasteiger partial charge < -0.3 is 19.0 Å². The van der Waals surface area contributed by atoms with Gasteiger partial charge in [-0.3, -0.25) is 4.79 Å². The van der Waals surface area contributed by atoms with Crippen LogP contribution in [0.15, 0.2) is 39.5 Å². The maximum Gasteiger partial charge on any atom is 0.345 e. The van der Waals surface area contributed by atoms with Gasteiger partial charge in [-0.15, -0.1) is 0 Å². The van der Waals surface area contributed by atoms with Gasteiger partial charge in [0.2, 0.25) is 0 Å². The zero-order valence-corrected chi connectivity index (χ0v) is 14.5. The van der Waals surface area contributed by atoms with Crippen LogP contribution in [0.3, 0.4) is 0 Å². The molecule has 1 amide bonds. The fraction of sp³-hybridized carbons (Fsp3) is 0.368. The molecule has 0 aliphatic heterocycles. The number of amides is 1. The van der Waals surface area contributed by atoms with Gasteiger partial charge in [0.1, 0.15) is 11.3 Å². The smallest absolute Gasteiger partial charge is 0.345 e. The van der Waals surface area contributed by atoms with Crippen molar-refractivity contribution in [1.82, 2.24) is 9.88 Å². The zero-order chi connectivity index (χ0) is 17.8. The third-order valence-electron chi connectivity index (χ3n) is 4.17. The Morgan fingerprint density at radius 3 is 2.80 bits per heavy atom. The summed E-state index contributed by atoms with van der Waals surface area (Å²) < 4.78 is 12.5. The van der Waals surface area contributed by atoms with Crippen LogP contribution in [0.4, 0.5) is 0 Å². The van der Waals surface area contributed by atoms with Gasteiger partial charge in [0.25, 0.3) is 5.91 Å². The second kappa shape index (κ2) is 7.53. The molecule has 0 saturated carbocycles. The minimum absolute atomic E-state index is 0.196. The highest BCUT2D eigenvalue weighted by atomic mass is 16.5. The van der Waals surface area contributed by atoms with Gasteiger partial charge >= 0.3 is 5.63 Å². The average Bonchev–Trinajstić information content (AvgIpc) is 3.02. The highest BCUT2D eigenvalue weighted by molar-refractivity contribution is 6.07. The van der Waals surface area contributed by atoms with Crippen LogP contribution in [-0.4, -0.2) is 30.2 Å². The number of ether oxygens (including phenoxy) is 1. The fourth-order valence-electron chi connectivity index (χ4n) is 3.03. The van der Waals surface area contributed by atoms with E-state index in [0.29, 0.717) is 43.0 Å². The predicted octanol–water partition coefficient (Wildman–Crippen LogP) is 2.92. The second-order valence-corrected chi connectivity index (χ2v) is 5.73. The zero-order valence-electron chi connectivity index (χ0n) is 14.5. The largest absolute Gasteiger partial charge is 0.422 e. The summed E-state index contributed by atoms with van der Waals surface area (Å²) in [5.74, 6) is -0.196. The number of carbonyl (C=O) groups is 1. The van der Waals surface area contributed by atoms with E-state index in [9.17, 15) is 9.59 Å². The summed E-state index contributed by atoms with van der Waals surface area (Å²) in [6, 6.07) is 8.99. The van der Waals surface area contributed by atoms with E-state index < -0.39 is 5.63 Å². The number of aromatic nitrogens is 1. The van der Waals surface area contributed by atoms with Gasteiger partial charge in [-0.05, 0) is 38.5 Å². The van der Waals surface area contributed by atoms with Gasteiger partial charge in [-0.25, -0.2) is 4.79 Å². The van der Waals surface area contributed by atoms with Crippen LogP contribution in [0.1, 0.15) is 30.8 Å². The number of fused-ring (bicyclic) bond motifs is 3. The van der Waals surface area contributed by atoms with Crippen LogP contribution in [0, 0.1) is 0 Å². The number of nitrogens with one attached hydrogen (secondary N) is 1. The number of rotatable bonds is 7. The molecule has 1 N–H and O–H groups in total. The average molecular weight is 342 g/mol. The molecule has 2 heterocycles. The molecule has 6 nitrogen and oxygen atoms in total. The first-order valence-corrected chi connectivity index (χ1v) is 8.58. The van der Waals surface area contributed by atoms with E-state index in [4.69, 9.17) is 9.15 Å². The second-order valence-electron chi connectivity index (χ2n) is 5.73. The van der Waals surface area contributed by atoms with Gasteiger partial charge in [0.05, 0.1) is 10.9 Å². The highest BCUT2D eigenvalue weighted by Crippen LogP contribution is 2.26. The van der Waals surface area contributed by atoms with Crippen LogP contribution in [0.5, 0.6) is 0 Å². The van der Waals surface area contributed by atoms with Crippen LogP contribution < -0.4 is 10.9 Å². The van der Waals surface area contributed by atoms with Crippen molar-refractivity contribution < 1.29 is 13.9 Å². The fourth-order valence-corrected chi connectivity index (χ4v) is 3.03. The van der Waals surface area contributed by atoms with Crippen LogP contribution >= 0.6 is 0 Å². The summed E-state index contributed by atoms with van der Waals surface area (Å²) >= 11 is 0. The van der Waals surface area contributed by atoms with Gasteiger partial charge in [0, 0.05) is 31.7 Å². The SMILES string of the molecule is CCOCCCNC(=O)c1cc2c(=O)oc3ccccc3c2n1CC. The van der Waals surface area contributed by atoms with Crippen molar-refractivity contribution in [3.05, 3.63) is 46.4 Å². The summed E-state index contributed by atoms with van der Waals surface area (Å²) in [6.07, 6.45) is 0.747. The number of benzene rings is 1. The van der Waals surface area contributed by atoms with E-state index >= 15 is 0 Å². The molecule has 0 bridgehead atoms. The molecule has 2 aromatic heterocycles. The Labute approximate surface area is 145 Å². The topological polar surface area (TPSA) is 73.5 Å². The van der Waals surface area contributed by atoms with E-state index in [1.165, 1.54) is 0 Å². The Bertz CT molecular complexity index is 955. The first-order chi connectivity index (χ1) is 12.2. The van der Waals surface area contributed by atoms with E-state index in [1.807, 2.05) is 36.6 Å². The minimum atomic E-state index is -0.425. The third kappa shape index (κ3) is 3.30. The lowest BCUT2D eigenvalue weighted by atomic mass is 10.2. The molecule has 0 saturated heterocycles. The molecular formula is C19H22N2O4. The maximum atomic E-state index is 12.6. The monoisotopic (exact) mass is 342 g/mol. The Morgan fingerprint density at radius 1 is 1.24 bits per heavy atom. The van der Waals surface area contributed by atoms with Crippen molar-refractivity contribution in [1.29, 1.82) is 0 Å². The molecule has 0 aliphatic carbocycles. The Kier molecular flexibility index (Phi) is 5.19. The lowest BCUT2D eigenvalue weighted by molar-refractivity contribution is 0.0935. The molecule has 0 unspecified atom stereocenters. The molecule has 0 spiro atoms. The molecule has 25 heavy (non-hydrogen) atoms. The normalized spacial score (nSPS) is 11.3. The number of hydrogen-bond donors (Lipinski definition) is 1. The van der Waals surface area contributed by atoms with E-state index in [0.717, 1.165) is 17.3 Å². The van der Waals surface area contributed by atoms with Crippen LogP contribution in [0.25, 0.3) is 21.9 Å². The molecule has 0 fully saturated rings. The predicted molar refractivity (Wildman–Crippen MR) is 97.1 cm³/mol. The highest BCUT2D eigenvalue weighted by Gasteiger charge is 2.19. The summed E-state index contributed by atoms with van der Waals surface area (Å²) in [5, 5.41) is 4.15. The number of hydrogen-bond acceptors (Lipinski definition) is 4. The molecule has 0 aliphatic rings. The van der Waals surface area contributed by atoms with E-state index in [1.54, 1.807) is 12.1 Å². The molecule has 0 atom stereocenters. The Hall–Kier alpha value is -2.60. The van der Waals surface area contributed by atoms with Gasteiger partial charge in [-0.2, -0.15) is 0 Å². The minimum Gasteiger partial charge on any atom is -0.422 e. The first-order valence-electron chi connectivity index (χ1n) is 8.58. The molecule has 1 aromatic carbocycles. The maximum absolute atomic E-state index is 12.6. The molecule has 6 heteroatoms. The first kappa shape index (κ1) is 17.2. The number of para-hydroxylation sites is 1. The standard InChI is InChI=1S/C19H22N2O4/c1-3-21-15(18(22)20-10-7-11-24-4-2)12-14-17(21)13-8-5-6-9-16(13)25-19(14)23/h5-6,8-9,12H,3-4,7,10-11H2,1-2H3,(H,20,22). The summed E-state index contributed by atoms with van der Waals surface area (Å²) in [6.45, 7) is 6.28. The Balaban J connectivity index is 1.99. The molecule has 3 rings (SSSR count). The van der Waals surface area contributed by atoms with E-state index in [-0.39, 0.29) is 5.91 Å². The molecular weight excluding hydrogens is 320 g/mol. The summed E-state index contributed by atoms with van der Waals surface area (Å²) in [7, 11) is 0. The van der Waals surface area contributed by atoms with Crippen molar-refractivity contribution in [2.24, 2.45) is 0 Å². The number of nitrogens with zero attached hydrogens (tertiary/aromatic N) is 1. The van der Waals surface area contributed by atoms with Crippen molar-refractivity contribution in [2.75, 3.05) is 19.8 Å². The van der Waals surface area contributed by atoms with E-state index in [2.05, 4.69) is 5.32 Å². The van der Waals surface area contributed by atoms with Crippen molar-refractivity contribution in [3.8, 4) is 0 Å². The van der Waals surface area contributed by atoms with Crippen molar-refractivity contribution in [3.63, 3.8) is 0 Å². The number of carbonyl (C=O) groups excluding carboxylic acids is 1. The lowest BCUT2D eigenvalue weighted by Gasteiger charge is -2.10. The van der Waals surface area contributed by atoms with Gasteiger partial charge in [0.15, 0.2) is 0 Å². The Morgan fingerprint density at radius 2 is 2.04 bits per heavy atom. The molecule has 132 valence electrons. The van der Waals surface area contributed by atoms with Crippen LogP contribution in [-0.2, 0) is 11.3 Å². The van der Waals surface area contributed by atoms with Crippen molar-refractivity contribution in [2.45, 2.75) is 26.8 Å². The quantitative estimate of drug-likeness (QED) is 0.529. The third-order valence-corrected chi connectivity index (χ3v) is 4.17. The number of aryl methyl sites for hydroxylation is 1. The molecule has 0 radical (unpaired) electrons. The van der Waals surface area contributed by atoms with Gasteiger partial charge in [-0.1, -0.05) is 12.1 Å². The van der Waals surface area contributed by atoms with Crippen LogP contribution in [0.2, 0.25) is 0 Å². The van der Waals surface area contributed by atoms with Crippen molar-refractivity contribution >= 4 is 27.8 Å². The lowest BCUT2D eigenvalue weighted by Crippen LogP contribution is -2.27. The summed E-state index contributed by atoms with van der Waals surface area (Å²) in [4.78, 5) is 24.9.